The van der Waals surface area contributed by atoms with Crippen LogP contribution in [0.15, 0.2) is 21.2 Å². The lowest BCUT2D eigenvalue weighted by Gasteiger charge is -2.13. The summed E-state index contributed by atoms with van der Waals surface area (Å²) in [4.78, 5) is 8.39. The van der Waals surface area contributed by atoms with Gasteiger partial charge >= 0.3 is 0 Å². The van der Waals surface area contributed by atoms with Gasteiger partial charge in [0.2, 0.25) is 0 Å². The van der Waals surface area contributed by atoms with Crippen molar-refractivity contribution in [1.82, 2.24) is 20.2 Å². The molecule has 0 spiro atoms. The van der Waals surface area contributed by atoms with Crippen LogP contribution in [0.1, 0.15) is 25.3 Å². The molecule has 2 aromatic rings. The second kappa shape index (κ2) is 5.39. The van der Waals surface area contributed by atoms with E-state index in [9.17, 15) is 0 Å². The van der Waals surface area contributed by atoms with Crippen molar-refractivity contribution in [3.05, 3.63) is 17.4 Å². The summed E-state index contributed by atoms with van der Waals surface area (Å²) < 4.78 is 0.855. The second-order valence-corrected chi connectivity index (χ2v) is 5.62. The molecule has 0 unspecified atom stereocenters. The molecule has 0 aliphatic carbocycles. The van der Waals surface area contributed by atoms with Gasteiger partial charge in [0.15, 0.2) is 4.34 Å². The van der Waals surface area contributed by atoms with Gasteiger partial charge in [0.1, 0.15) is 22.7 Å². The molecule has 0 bridgehead atoms. The summed E-state index contributed by atoms with van der Waals surface area (Å²) >= 11 is 2.96. The molecule has 6 nitrogen and oxygen atoms in total. The maximum absolute atomic E-state index is 5.46. The molecule has 0 aliphatic heterocycles. The Morgan fingerprint density at radius 2 is 2.24 bits per heavy atom. The van der Waals surface area contributed by atoms with Crippen molar-refractivity contribution in [2.45, 2.75) is 29.1 Å². The molecule has 3 N–H and O–H groups in total. The lowest BCUT2D eigenvalue weighted by atomic mass is 10.1. The molecule has 0 aromatic carbocycles. The van der Waals surface area contributed by atoms with Crippen LogP contribution in [0, 0.1) is 0 Å². The Morgan fingerprint density at radius 3 is 2.82 bits per heavy atom. The van der Waals surface area contributed by atoms with Crippen LogP contribution in [0.25, 0.3) is 0 Å². The Morgan fingerprint density at radius 1 is 1.41 bits per heavy atom. The van der Waals surface area contributed by atoms with E-state index in [1.165, 1.54) is 29.4 Å². The van der Waals surface area contributed by atoms with Gasteiger partial charge in [0.05, 0.1) is 0 Å². The molecule has 0 saturated heterocycles. The quantitative estimate of drug-likeness (QED) is 0.497. The average molecular weight is 268 g/mol. The highest BCUT2D eigenvalue weighted by Crippen LogP contribution is 2.35. The van der Waals surface area contributed by atoms with Crippen LogP contribution in [0.2, 0.25) is 0 Å². The lowest BCUT2D eigenvalue weighted by Crippen LogP contribution is -2.13. The van der Waals surface area contributed by atoms with Crippen LogP contribution >= 0.6 is 23.1 Å². The van der Waals surface area contributed by atoms with Crippen LogP contribution in [0.3, 0.4) is 0 Å². The first-order chi connectivity index (χ1) is 8.22. The zero-order valence-electron chi connectivity index (χ0n) is 9.41. The van der Waals surface area contributed by atoms with E-state index in [-0.39, 0.29) is 5.92 Å². The average Bonchev–Trinajstić information content (AvgIpc) is 2.81. The molecule has 90 valence electrons. The van der Waals surface area contributed by atoms with Gasteiger partial charge in [-0.15, -0.1) is 10.2 Å². The number of rotatable bonds is 4. The molecular formula is C9H12N6S2. The fraction of sp³-hybridized carbons (Fsp3) is 0.333. The van der Waals surface area contributed by atoms with Gasteiger partial charge < -0.3 is 5.43 Å². The Labute approximate surface area is 107 Å². The first-order valence-electron chi connectivity index (χ1n) is 4.98. The van der Waals surface area contributed by atoms with E-state index >= 15 is 0 Å². The van der Waals surface area contributed by atoms with E-state index in [1.807, 2.05) is 0 Å². The second-order valence-electron chi connectivity index (χ2n) is 3.55. The normalized spacial score (nSPS) is 10.8. The summed E-state index contributed by atoms with van der Waals surface area (Å²) in [5.74, 6) is 6.39. The number of hydrazine groups is 1. The standard InChI is InChI=1S/C9H12N6S2/c1-5(2)6-7(14-10)11-3-12-8(6)17-9-15-13-4-16-9/h3-5H,10H2,1-2H3,(H,11,12,14). The van der Waals surface area contributed by atoms with Crippen molar-refractivity contribution < 1.29 is 0 Å². The smallest absolute Gasteiger partial charge is 0.180 e. The van der Waals surface area contributed by atoms with E-state index in [2.05, 4.69) is 39.4 Å². The van der Waals surface area contributed by atoms with Crippen LogP contribution in [-0.4, -0.2) is 20.2 Å². The number of nitrogen functional groups attached to an aromatic ring is 1. The van der Waals surface area contributed by atoms with Crippen molar-refractivity contribution in [3.63, 3.8) is 0 Å². The fourth-order valence-corrected chi connectivity index (χ4v) is 3.02. The molecule has 0 radical (unpaired) electrons. The molecule has 17 heavy (non-hydrogen) atoms. The maximum atomic E-state index is 5.46. The van der Waals surface area contributed by atoms with E-state index in [1.54, 1.807) is 5.51 Å². The minimum atomic E-state index is 0.276. The summed E-state index contributed by atoms with van der Waals surface area (Å²) in [5, 5.41) is 8.65. The molecular weight excluding hydrogens is 256 g/mol. The van der Waals surface area contributed by atoms with Crippen LogP contribution in [0.5, 0.6) is 0 Å². The SMILES string of the molecule is CC(C)c1c(NN)ncnc1Sc1nncs1. The number of hydrogen-bond acceptors (Lipinski definition) is 8. The van der Waals surface area contributed by atoms with Crippen molar-refractivity contribution in [3.8, 4) is 0 Å². The number of nitrogens with one attached hydrogen (secondary N) is 1. The summed E-state index contributed by atoms with van der Waals surface area (Å²) in [6.45, 7) is 4.15. The Bertz CT molecular complexity index is 484. The van der Waals surface area contributed by atoms with Crippen molar-refractivity contribution in [2.75, 3.05) is 5.43 Å². The number of aromatic nitrogens is 4. The maximum Gasteiger partial charge on any atom is 0.180 e. The predicted octanol–water partition coefficient (Wildman–Crippen LogP) is 1.89. The van der Waals surface area contributed by atoms with Crippen molar-refractivity contribution in [1.29, 1.82) is 0 Å². The van der Waals surface area contributed by atoms with Gasteiger partial charge in [0.25, 0.3) is 0 Å². The number of nitrogens with zero attached hydrogens (tertiary/aromatic N) is 4. The van der Waals surface area contributed by atoms with Gasteiger partial charge in [-0.05, 0) is 17.7 Å². The highest BCUT2D eigenvalue weighted by molar-refractivity contribution is 8.01. The van der Waals surface area contributed by atoms with E-state index < -0.39 is 0 Å². The zero-order chi connectivity index (χ0) is 12.3. The van der Waals surface area contributed by atoms with E-state index in [0.29, 0.717) is 5.82 Å². The minimum absolute atomic E-state index is 0.276. The monoisotopic (exact) mass is 268 g/mol. The highest BCUT2D eigenvalue weighted by Gasteiger charge is 2.16. The Balaban J connectivity index is 2.39. The summed E-state index contributed by atoms with van der Waals surface area (Å²) in [6.07, 6.45) is 1.49. The first-order valence-corrected chi connectivity index (χ1v) is 6.67. The zero-order valence-corrected chi connectivity index (χ0v) is 11.0. The lowest BCUT2D eigenvalue weighted by molar-refractivity contribution is 0.803. The van der Waals surface area contributed by atoms with Crippen molar-refractivity contribution >= 4 is 28.9 Å². The number of hydrogen-bond donors (Lipinski definition) is 2. The molecule has 8 heteroatoms. The molecule has 0 amide bonds. The van der Waals surface area contributed by atoms with Gasteiger partial charge in [-0.3, -0.25) is 0 Å². The van der Waals surface area contributed by atoms with E-state index in [0.717, 1.165) is 14.9 Å². The molecule has 0 aliphatic rings. The molecule has 2 heterocycles. The topological polar surface area (TPSA) is 89.6 Å². The summed E-state index contributed by atoms with van der Waals surface area (Å²) in [5.41, 5.74) is 5.29. The van der Waals surface area contributed by atoms with Gasteiger partial charge in [-0.2, -0.15) is 0 Å². The number of anilines is 1. The largest absolute Gasteiger partial charge is 0.308 e. The molecule has 2 aromatic heterocycles. The molecule has 0 saturated carbocycles. The molecule has 0 atom stereocenters. The van der Waals surface area contributed by atoms with Gasteiger partial charge in [0, 0.05) is 5.56 Å². The van der Waals surface area contributed by atoms with Gasteiger partial charge in [-0.25, -0.2) is 15.8 Å². The fourth-order valence-electron chi connectivity index (χ4n) is 1.39. The minimum Gasteiger partial charge on any atom is -0.308 e. The van der Waals surface area contributed by atoms with Crippen LogP contribution < -0.4 is 11.3 Å². The third-order valence-electron chi connectivity index (χ3n) is 2.09. The molecule has 0 fully saturated rings. The molecule has 2 rings (SSSR count). The summed E-state index contributed by atoms with van der Waals surface area (Å²) in [7, 11) is 0. The Hall–Kier alpha value is -1.25. The summed E-state index contributed by atoms with van der Waals surface area (Å²) in [6, 6.07) is 0. The number of nitrogens with two attached hydrogens (primary N) is 1. The third-order valence-corrected chi connectivity index (χ3v) is 3.88. The van der Waals surface area contributed by atoms with Crippen LogP contribution in [-0.2, 0) is 0 Å². The van der Waals surface area contributed by atoms with Crippen LogP contribution in [0.4, 0.5) is 5.82 Å². The van der Waals surface area contributed by atoms with Gasteiger partial charge in [-0.1, -0.05) is 25.2 Å². The Kier molecular flexibility index (Phi) is 3.87. The van der Waals surface area contributed by atoms with Crippen molar-refractivity contribution in [2.24, 2.45) is 5.84 Å². The first kappa shape index (κ1) is 12.2. The van der Waals surface area contributed by atoms with E-state index in [4.69, 9.17) is 5.84 Å². The predicted molar refractivity (Wildman–Crippen MR) is 68.0 cm³/mol. The highest BCUT2D eigenvalue weighted by atomic mass is 32.2. The third kappa shape index (κ3) is 2.71.